The van der Waals surface area contributed by atoms with Crippen molar-refractivity contribution in [3.8, 4) is 0 Å². The number of hydrogen-bond donors (Lipinski definition) is 1. The largest absolute Gasteiger partial charge is 0.398 e. The van der Waals surface area contributed by atoms with Crippen LogP contribution in [0.15, 0.2) is 18.2 Å². The zero-order valence-corrected chi connectivity index (χ0v) is 11.5. The molecule has 0 aliphatic carbocycles. The molecular weight excluding hydrogens is 224 g/mol. The van der Waals surface area contributed by atoms with Crippen molar-refractivity contribution < 1.29 is 4.74 Å². The number of nitrogens with two attached hydrogens (primary N) is 1. The second kappa shape index (κ2) is 6.21. The van der Waals surface area contributed by atoms with Gasteiger partial charge in [-0.15, -0.1) is 0 Å². The molecule has 3 heteroatoms. The van der Waals surface area contributed by atoms with Crippen LogP contribution in [0.4, 0.5) is 5.69 Å². The minimum atomic E-state index is 0.348. The number of ether oxygens (including phenoxy) is 1. The fourth-order valence-electron chi connectivity index (χ4n) is 2.43. The Morgan fingerprint density at radius 3 is 2.83 bits per heavy atom. The Morgan fingerprint density at radius 2 is 2.11 bits per heavy atom. The highest BCUT2D eigenvalue weighted by molar-refractivity contribution is 5.52. The van der Waals surface area contributed by atoms with Gasteiger partial charge in [-0.1, -0.05) is 12.1 Å². The first-order valence-electron chi connectivity index (χ1n) is 6.87. The molecule has 1 aromatic carbocycles. The van der Waals surface area contributed by atoms with Crippen molar-refractivity contribution in [2.75, 3.05) is 18.9 Å². The van der Waals surface area contributed by atoms with Gasteiger partial charge in [0.15, 0.2) is 0 Å². The van der Waals surface area contributed by atoms with Gasteiger partial charge in [0, 0.05) is 25.4 Å². The van der Waals surface area contributed by atoms with E-state index in [0.717, 1.165) is 38.3 Å². The number of nitrogen functional groups attached to an aromatic ring is 1. The first kappa shape index (κ1) is 13.4. The molecule has 2 N–H and O–H groups in total. The number of benzene rings is 1. The van der Waals surface area contributed by atoms with Crippen molar-refractivity contribution in [3.63, 3.8) is 0 Å². The molecule has 2 rings (SSSR count). The van der Waals surface area contributed by atoms with E-state index in [1.165, 1.54) is 17.5 Å². The average molecular weight is 248 g/mol. The van der Waals surface area contributed by atoms with Crippen LogP contribution in [0, 0.1) is 0 Å². The van der Waals surface area contributed by atoms with E-state index in [9.17, 15) is 0 Å². The van der Waals surface area contributed by atoms with E-state index >= 15 is 0 Å². The molecule has 3 nitrogen and oxygen atoms in total. The predicted octanol–water partition coefficient (Wildman–Crippen LogP) is 2.79. The summed E-state index contributed by atoms with van der Waals surface area (Å²) < 4.78 is 5.55. The Labute approximate surface area is 110 Å². The van der Waals surface area contributed by atoms with Gasteiger partial charge in [0.05, 0.1) is 6.10 Å². The average Bonchev–Trinajstić information content (AvgIpc) is 2.72. The lowest BCUT2D eigenvalue weighted by Gasteiger charge is -2.15. The first-order valence-corrected chi connectivity index (χ1v) is 6.87. The van der Waals surface area contributed by atoms with Crippen LogP contribution < -0.4 is 5.73 Å². The van der Waals surface area contributed by atoms with E-state index < -0.39 is 0 Å². The van der Waals surface area contributed by atoms with Crippen LogP contribution in [0.1, 0.15) is 37.8 Å². The lowest BCUT2D eigenvalue weighted by molar-refractivity contribution is 0.0741. The normalized spacial score (nSPS) is 15.3. The molecule has 1 aliphatic rings. The number of hydrogen-bond acceptors (Lipinski definition) is 3. The number of fused-ring (bicyclic) bond motifs is 1. The fourth-order valence-corrected chi connectivity index (χ4v) is 2.43. The van der Waals surface area contributed by atoms with Gasteiger partial charge >= 0.3 is 0 Å². The molecule has 0 fully saturated rings. The standard InChI is InChI=1S/C15H24N2O/c1-12(2)18-9-4-3-8-17-10-13-6-5-7-15(16)14(13)11-17/h5-7,12H,3-4,8-11,16H2,1-2H3. The van der Waals surface area contributed by atoms with Crippen molar-refractivity contribution in [2.24, 2.45) is 0 Å². The molecule has 0 amide bonds. The third kappa shape index (κ3) is 3.47. The Balaban J connectivity index is 1.70. The Hall–Kier alpha value is -1.06. The summed E-state index contributed by atoms with van der Waals surface area (Å²) in [5.74, 6) is 0. The summed E-state index contributed by atoms with van der Waals surface area (Å²) in [5, 5.41) is 0. The maximum absolute atomic E-state index is 6.00. The molecule has 0 spiro atoms. The molecule has 18 heavy (non-hydrogen) atoms. The molecule has 0 saturated carbocycles. The van der Waals surface area contributed by atoms with Gasteiger partial charge in [0.1, 0.15) is 0 Å². The number of rotatable bonds is 6. The predicted molar refractivity (Wildman–Crippen MR) is 75.3 cm³/mol. The van der Waals surface area contributed by atoms with Crippen molar-refractivity contribution in [3.05, 3.63) is 29.3 Å². The van der Waals surface area contributed by atoms with Crippen LogP contribution in [0.5, 0.6) is 0 Å². The van der Waals surface area contributed by atoms with E-state index in [2.05, 4.69) is 24.8 Å². The maximum Gasteiger partial charge on any atom is 0.0518 e. The Morgan fingerprint density at radius 1 is 1.28 bits per heavy atom. The molecule has 0 unspecified atom stereocenters. The van der Waals surface area contributed by atoms with Crippen LogP contribution in [0.25, 0.3) is 0 Å². The topological polar surface area (TPSA) is 38.5 Å². The van der Waals surface area contributed by atoms with Crippen LogP contribution in [0.3, 0.4) is 0 Å². The monoisotopic (exact) mass is 248 g/mol. The smallest absolute Gasteiger partial charge is 0.0518 e. The highest BCUT2D eigenvalue weighted by atomic mass is 16.5. The molecule has 1 aliphatic heterocycles. The van der Waals surface area contributed by atoms with Crippen molar-refractivity contribution in [1.29, 1.82) is 0 Å². The summed E-state index contributed by atoms with van der Waals surface area (Å²) in [4.78, 5) is 2.47. The minimum absolute atomic E-state index is 0.348. The molecular formula is C15H24N2O. The summed E-state index contributed by atoms with van der Waals surface area (Å²) in [6.07, 6.45) is 2.68. The van der Waals surface area contributed by atoms with Crippen LogP contribution in [-0.2, 0) is 17.8 Å². The first-order chi connectivity index (χ1) is 8.66. The molecule has 0 bridgehead atoms. The van der Waals surface area contributed by atoms with E-state index in [-0.39, 0.29) is 0 Å². The summed E-state index contributed by atoms with van der Waals surface area (Å²) in [6, 6.07) is 6.24. The van der Waals surface area contributed by atoms with Gasteiger partial charge < -0.3 is 10.5 Å². The van der Waals surface area contributed by atoms with E-state index in [1.54, 1.807) is 0 Å². The summed E-state index contributed by atoms with van der Waals surface area (Å²) in [5.41, 5.74) is 9.67. The minimum Gasteiger partial charge on any atom is -0.398 e. The van der Waals surface area contributed by atoms with Gasteiger partial charge in [0.25, 0.3) is 0 Å². The molecule has 1 heterocycles. The second-order valence-corrected chi connectivity index (χ2v) is 5.32. The Bertz CT molecular complexity index is 390. The van der Waals surface area contributed by atoms with Crippen LogP contribution in [0.2, 0.25) is 0 Å². The lowest BCUT2D eigenvalue weighted by atomic mass is 10.1. The molecule has 0 saturated heterocycles. The van der Waals surface area contributed by atoms with Crippen LogP contribution >= 0.6 is 0 Å². The van der Waals surface area contributed by atoms with Gasteiger partial charge in [-0.25, -0.2) is 0 Å². The SMILES string of the molecule is CC(C)OCCCCN1Cc2cccc(N)c2C1. The highest BCUT2D eigenvalue weighted by Gasteiger charge is 2.19. The van der Waals surface area contributed by atoms with Crippen molar-refractivity contribution in [2.45, 2.75) is 45.9 Å². The third-order valence-electron chi connectivity index (χ3n) is 3.40. The third-order valence-corrected chi connectivity index (χ3v) is 3.40. The second-order valence-electron chi connectivity index (χ2n) is 5.32. The lowest BCUT2D eigenvalue weighted by Crippen LogP contribution is -2.18. The van der Waals surface area contributed by atoms with Crippen LogP contribution in [-0.4, -0.2) is 24.2 Å². The molecule has 0 aromatic heterocycles. The van der Waals surface area contributed by atoms with Crippen molar-refractivity contribution in [1.82, 2.24) is 4.90 Å². The number of unbranched alkanes of at least 4 members (excludes halogenated alkanes) is 1. The zero-order chi connectivity index (χ0) is 13.0. The van der Waals surface area contributed by atoms with E-state index in [1.807, 2.05) is 12.1 Å². The highest BCUT2D eigenvalue weighted by Crippen LogP contribution is 2.27. The molecule has 0 atom stereocenters. The molecule has 1 aromatic rings. The summed E-state index contributed by atoms with van der Waals surface area (Å²) in [7, 11) is 0. The quantitative estimate of drug-likeness (QED) is 0.621. The van der Waals surface area contributed by atoms with Crippen molar-refractivity contribution >= 4 is 5.69 Å². The fraction of sp³-hybridized carbons (Fsp3) is 0.600. The van der Waals surface area contributed by atoms with Gasteiger partial charge in [-0.2, -0.15) is 0 Å². The maximum atomic E-state index is 6.00. The summed E-state index contributed by atoms with van der Waals surface area (Å²) in [6.45, 7) is 8.23. The van der Waals surface area contributed by atoms with E-state index in [4.69, 9.17) is 10.5 Å². The van der Waals surface area contributed by atoms with E-state index in [0.29, 0.717) is 6.10 Å². The van der Waals surface area contributed by atoms with Gasteiger partial charge in [-0.05, 0) is 50.4 Å². The van der Waals surface area contributed by atoms with Gasteiger partial charge in [0.2, 0.25) is 0 Å². The van der Waals surface area contributed by atoms with Gasteiger partial charge in [-0.3, -0.25) is 4.90 Å². The molecule has 100 valence electrons. The number of nitrogens with zero attached hydrogens (tertiary/aromatic N) is 1. The zero-order valence-electron chi connectivity index (χ0n) is 11.5. The Kier molecular flexibility index (Phi) is 4.61. The molecule has 0 radical (unpaired) electrons. The number of anilines is 1. The summed E-state index contributed by atoms with van der Waals surface area (Å²) >= 11 is 0.